The molecule has 0 saturated carbocycles. The van der Waals surface area contributed by atoms with Crippen LogP contribution in [0.2, 0.25) is 0 Å². The lowest BCUT2D eigenvalue weighted by atomic mass is 9.91. The predicted octanol–water partition coefficient (Wildman–Crippen LogP) is 1.77. The first-order valence-corrected chi connectivity index (χ1v) is 6.23. The van der Waals surface area contributed by atoms with Gasteiger partial charge in [0.1, 0.15) is 0 Å². The van der Waals surface area contributed by atoms with Crippen molar-refractivity contribution >= 4 is 5.91 Å². The molecule has 1 heterocycles. The molecule has 1 aliphatic heterocycles. The maximum Gasteiger partial charge on any atom is 0.223 e. The second-order valence-corrected chi connectivity index (χ2v) is 4.52. The fourth-order valence-electron chi connectivity index (χ4n) is 2.32. The van der Waals surface area contributed by atoms with Gasteiger partial charge in [0.05, 0.1) is 14.2 Å². The molecule has 18 heavy (non-hydrogen) atoms. The second-order valence-electron chi connectivity index (χ2n) is 4.52. The zero-order chi connectivity index (χ0) is 13.0. The summed E-state index contributed by atoms with van der Waals surface area (Å²) in [7, 11) is 3.24. The molecule has 2 rings (SSSR count). The van der Waals surface area contributed by atoms with Gasteiger partial charge in [0.15, 0.2) is 11.5 Å². The fourth-order valence-corrected chi connectivity index (χ4v) is 2.32. The van der Waals surface area contributed by atoms with E-state index >= 15 is 0 Å². The molecule has 1 saturated heterocycles. The van der Waals surface area contributed by atoms with Crippen LogP contribution in [0, 0.1) is 5.92 Å². The number of benzene rings is 1. The molecule has 1 aromatic rings. The molecule has 1 fully saturated rings. The van der Waals surface area contributed by atoms with Gasteiger partial charge in [-0.05, 0) is 37.0 Å². The highest BCUT2D eigenvalue weighted by Crippen LogP contribution is 2.29. The maximum absolute atomic E-state index is 11.7. The molecule has 4 heteroatoms. The Hall–Kier alpha value is -1.71. The van der Waals surface area contributed by atoms with Crippen LogP contribution in [0.1, 0.15) is 18.4 Å². The molecule has 1 atom stereocenters. The van der Waals surface area contributed by atoms with E-state index in [1.807, 2.05) is 18.2 Å². The van der Waals surface area contributed by atoms with Crippen LogP contribution >= 0.6 is 0 Å². The summed E-state index contributed by atoms with van der Waals surface area (Å²) in [5.41, 5.74) is 1.11. The molecule has 98 valence electrons. The lowest BCUT2D eigenvalue weighted by molar-refractivity contribution is -0.126. The highest BCUT2D eigenvalue weighted by atomic mass is 16.5. The smallest absolute Gasteiger partial charge is 0.223 e. The number of methoxy groups -OCH3 is 2. The summed E-state index contributed by atoms with van der Waals surface area (Å²) in [4.78, 5) is 11.7. The lowest BCUT2D eigenvalue weighted by Gasteiger charge is -2.22. The SMILES string of the molecule is COc1ccc(CC2CCCNC2=O)cc1OC. The maximum atomic E-state index is 11.7. The first kappa shape index (κ1) is 12.7. The van der Waals surface area contributed by atoms with E-state index in [2.05, 4.69) is 5.32 Å². The lowest BCUT2D eigenvalue weighted by Crippen LogP contribution is -2.37. The number of carbonyl (C=O) groups is 1. The molecular formula is C14H19NO3. The van der Waals surface area contributed by atoms with Gasteiger partial charge >= 0.3 is 0 Å². The van der Waals surface area contributed by atoms with Crippen molar-refractivity contribution in [2.24, 2.45) is 5.92 Å². The zero-order valence-electron chi connectivity index (χ0n) is 10.9. The minimum atomic E-state index is 0.0804. The molecule has 1 aliphatic rings. The largest absolute Gasteiger partial charge is 0.493 e. The van der Waals surface area contributed by atoms with E-state index in [1.165, 1.54) is 0 Å². The van der Waals surface area contributed by atoms with E-state index in [9.17, 15) is 4.79 Å². The third kappa shape index (κ3) is 2.75. The molecule has 0 bridgehead atoms. The Morgan fingerprint density at radius 1 is 1.28 bits per heavy atom. The summed E-state index contributed by atoms with van der Waals surface area (Å²) < 4.78 is 10.5. The second kappa shape index (κ2) is 5.76. The number of amides is 1. The van der Waals surface area contributed by atoms with Gasteiger partial charge in [-0.1, -0.05) is 6.07 Å². The number of hydrogen-bond acceptors (Lipinski definition) is 3. The van der Waals surface area contributed by atoms with Gasteiger partial charge in [-0.15, -0.1) is 0 Å². The van der Waals surface area contributed by atoms with E-state index in [1.54, 1.807) is 14.2 Å². The molecule has 1 N–H and O–H groups in total. The third-order valence-electron chi connectivity index (χ3n) is 3.33. The summed E-state index contributed by atoms with van der Waals surface area (Å²) in [5.74, 6) is 1.67. The van der Waals surface area contributed by atoms with Crippen molar-refractivity contribution in [1.82, 2.24) is 5.32 Å². The van der Waals surface area contributed by atoms with Gasteiger partial charge in [-0.2, -0.15) is 0 Å². The van der Waals surface area contributed by atoms with E-state index < -0.39 is 0 Å². The van der Waals surface area contributed by atoms with Gasteiger partial charge in [-0.3, -0.25) is 4.79 Å². The predicted molar refractivity (Wildman–Crippen MR) is 69.0 cm³/mol. The molecule has 0 radical (unpaired) electrons. The van der Waals surface area contributed by atoms with Gasteiger partial charge in [0, 0.05) is 12.5 Å². The molecule has 1 unspecified atom stereocenters. The van der Waals surface area contributed by atoms with E-state index in [-0.39, 0.29) is 11.8 Å². The van der Waals surface area contributed by atoms with Crippen molar-refractivity contribution in [2.75, 3.05) is 20.8 Å². The Labute approximate surface area is 107 Å². The summed E-state index contributed by atoms with van der Waals surface area (Å²) >= 11 is 0. The van der Waals surface area contributed by atoms with Crippen molar-refractivity contribution in [3.63, 3.8) is 0 Å². The van der Waals surface area contributed by atoms with Gasteiger partial charge < -0.3 is 14.8 Å². The Morgan fingerprint density at radius 3 is 2.72 bits per heavy atom. The van der Waals surface area contributed by atoms with E-state index in [0.717, 1.165) is 31.4 Å². The zero-order valence-corrected chi connectivity index (χ0v) is 10.9. The third-order valence-corrected chi connectivity index (χ3v) is 3.33. The summed E-state index contributed by atoms with van der Waals surface area (Å²) in [6.07, 6.45) is 2.77. The first-order valence-electron chi connectivity index (χ1n) is 6.23. The topological polar surface area (TPSA) is 47.6 Å². The van der Waals surface area contributed by atoms with Crippen LogP contribution in [0.25, 0.3) is 0 Å². The van der Waals surface area contributed by atoms with Crippen molar-refractivity contribution in [3.05, 3.63) is 23.8 Å². The number of rotatable bonds is 4. The van der Waals surface area contributed by atoms with Crippen LogP contribution in [0.5, 0.6) is 11.5 Å². The Balaban J connectivity index is 2.11. The van der Waals surface area contributed by atoms with E-state index in [0.29, 0.717) is 11.5 Å². The highest BCUT2D eigenvalue weighted by Gasteiger charge is 2.22. The quantitative estimate of drug-likeness (QED) is 0.884. The number of carbonyl (C=O) groups excluding carboxylic acids is 1. The van der Waals surface area contributed by atoms with E-state index in [4.69, 9.17) is 9.47 Å². The standard InChI is InChI=1S/C14H19NO3/c1-17-12-6-5-10(9-13(12)18-2)8-11-4-3-7-15-14(11)16/h5-6,9,11H,3-4,7-8H2,1-2H3,(H,15,16). The molecule has 1 aromatic carbocycles. The molecule has 0 aliphatic carbocycles. The molecule has 1 amide bonds. The summed E-state index contributed by atoms with van der Waals surface area (Å²) in [6.45, 7) is 0.807. The monoisotopic (exact) mass is 249 g/mol. The average Bonchev–Trinajstić information content (AvgIpc) is 2.41. The molecule has 0 aromatic heterocycles. The minimum absolute atomic E-state index is 0.0804. The van der Waals surface area contributed by atoms with Gasteiger partial charge in [-0.25, -0.2) is 0 Å². The highest BCUT2D eigenvalue weighted by molar-refractivity contribution is 5.79. The van der Waals surface area contributed by atoms with Crippen molar-refractivity contribution in [3.8, 4) is 11.5 Å². The van der Waals surface area contributed by atoms with Crippen LogP contribution in [-0.4, -0.2) is 26.7 Å². The first-order chi connectivity index (χ1) is 8.74. The van der Waals surface area contributed by atoms with Crippen LogP contribution in [-0.2, 0) is 11.2 Å². The van der Waals surface area contributed by atoms with Gasteiger partial charge in [0.25, 0.3) is 0 Å². The average molecular weight is 249 g/mol. The summed E-state index contributed by atoms with van der Waals surface area (Å²) in [6, 6.07) is 5.82. The fraction of sp³-hybridized carbons (Fsp3) is 0.500. The minimum Gasteiger partial charge on any atom is -0.493 e. The van der Waals surface area contributed by atoms with Crippen molar-refractivity contribution < 1.29 is 14.3 Å². The molecule has 0 spiro atoms. The number of hydrogen-bond donors (Lipinski definition) is 1. The van der Waals surface area contributed by atoms with Crippen LogP contribution in [0.15, 0.2) is 18.2 Å². The molecule has 4 nitrogen and oxygen atoms in total. The van der Waals surface area contributed by atoms with Gasteiger partial charge in [0.2, 0.25) is 5.91 Å². The van der Waals surface area contributed by atoms with Crippen molar-refractivity contribution in [2.45, 2.75) is 19.3 Å². The Kier molecular flexibility index (Phi) is 4.07. The van der Waals surface area contributed by atoms with Crippen LogP contribution in [0.3, 0.4) is 0 Å². The van der Waals surface area contributed by atoms with Crippen LogP contribution in [0.4, 0.5) is 0 Å². The number of nitrogens with one attached hydrogen (secondary N) is 1. The summed E-state index contributed by atoms with van der Waals surface area (Å²) in [5, 5.41) is 2.91. The normalized spacial score (nSPS) is 19.2. The van der Waals surface area contributed by atoms with Crippen molar-refractivity contribution in [1.29, 1.82) is 0 Å². The number of piperidine rings is 1. The number of ether oxygens (including phenoxy) is 2. The molecular weight excluding hydrogens is 230 g/mol. The van der Waals surface area contributed by atoms with Crippen LogP contribution < -0.4 is 14.8 Å². The Bertz CT molecular complexity index is 431. The Morgan fingerprint density at radius 2 is 2.06 bits per heavy atom.